The number of urea groups is 1. The Bertz CT molecular complexity index is 1570. The van der Waals surface area contributed by atoms with Crippen molar-refractivity contribution in [3.63, 3.8) is 0 Å². The lowest BCUT2D eigenvalue weighted by molar-refractivity contribution is -0.136. The Labute approximate surface area is 250 Å². The Morgan fingerprint density at radius 1 is 1.00 bits per heavy atom. The van der Waals surface area contributed by atoms with Crippen LogP contribution in [-0.2, 0) is 29.4 Å². The molecule has 1 fully saturated rings. The third-order valence-corrected chi connectivity index (χ3v) is 8.02. The lowest BCUT2D eigenvalue weighted by Crippen LogP contribution is -2.41. The molecule has 1 aliphatic rings. The molecule has 0 aliphatic carbocycles. The smallest absolute Gasteiger partial charge is 0.417 e. The van der Waals surface area contributed by atoms with Crippen molar-refractivity contribution in [2.75, 3.05) is 13.2 Å². The van der Waals surface area contributed by atoms with E-state index in [1.54, 1.807) is 25.1 Å². The molecular weight excluding hydrogens is 596 g/mol. The minimum atomic E-state index is -4.72. The molecule has 0 radical (unpaired) electrons. The molecule has 0 spiro atoms. The lowest BCUT2D eigenvalue weighted by atomic mass is 9.92. The second-order valence-electron chi connectivity index (χ2n) is 10.4. The Morgan fingerprint density at radius 3 is 2.36 bits per heavy atom. The number of carbonyl (C=O) groups excluding carboxylic acids is 2. The minimum Gasteiger partial charge on any atom is -0.493 e. The normalized spacial score (nSPS) is 17.3. The van der Waals surface area contributed by atoms with Gasteiger partial charge in [0.15, 0.2) is 0 Å². The van der Waals surface area contributed by atoms with E-state index in [0.717, 1.165) is 4.90 Å². The molecule has 0 saturated carbocycles. The highest BCUT2D eigenvalue weighted by molar-refractivity contribution is 6.42. The van der Waals surface area contributed by atoms with Gasteiger partial charge in [0.05, 0.1) is 22.2 Å². The van der Waals surface area contributed by atoms with Crippen LogP contribution < -0.4 is 15.7 Å². The summed E-state index contributed by atoms with van der Waals surface area (Å²) in [4.78, 5) is 39.1. The summed E-state index contributed by atoms with van der Waals surface area (Å²) in [5.74, 6) is -0.0110. The zero-order valence-corrected chi connectivity index (χ0v) is 24.9. The third kappa shape index (κ3) is 6.24. The van der Waals surface area contributed by atoms with Crippen molar-refractivity contribution in [3.05, 3.63) is 73.1 Å². The fraction of sp³-hybridized carbons (Fsp3) is 0.433. The maximum absolute atomic E-state index is 13.8. The molecule has 4 rings (SSSR count). The summed E-state index contributed by atoms with van der Waals surface area (Å²) in [5, 5.41) is 3.16. The van der Waals surface area contributed by atoms with Crippen molar-refractivity contribution in [3.8, 4) is 5.75 Å². The number of alkyl halides is 3. The average molecular weight is 627 g/mol. The van der Waals surface area contributed by atoms with Crippen LogP contribution in [0.4, 0.5) is 18.0 Å². The summed E-state index contributed by atoms with van der Waals surface area (Å²) in [6.45, 7) is 5.69. The lowest BCUT2D eigenvalue weighted by Gasteiger charge is -2.22. The van der Waals surface area contributed by atoms with E-state index in [0.29, 0.717) is 72.1 Å². The molecule has 3 amide bonds. The second-order valence-corrected chi connectivity index (χ2v) is 11.2. The molecule has 1 N–H and O–H groups in total. The molecule has 12 heteroatoms. The van der Waals surface area contributed by atoms with Crippen molar-refractivity contribution in [1.29, 1.82) is 0 Å². The molecule has 226 valence electrons. The number of benzene rings is 2. The predicted molar refractivity (Wildman–Crippen MR) is 154 cm³/mol. The second kappa shape index (κ2) is 12.6. The number of hydrogen-bond donors (Lipinski definition) is 1. The molecule has 1 saturated heterocycles. The molecule has 2 aromatic carbocycles. The van der Waals surface area contributed by atoms with Crippen LogP contribution >= 0.6 is 23.2 Å². The van der Waals surface area contributed by atoms with E-state index >= 15 is 0 Å². The van der Waals surface area contributed by atoms with Crippen molar-refractivity contribution < 1.29 is 31.9 Å². The topological polar surface area (TPSA) is 88.8 Å². The number of carbonyl (C=O) groups is 2. The first kappa shape index (κ1) is 31.7. The van der Waals surface area contributed by atoms with Crippen molar-refractivity contribution in [1.82, 2.24) is 10.2 Å². The van der Waals surface area contributed by atoms with Crippen LogP contribution in [0.1, 0.15) is 68.7 Å². The van der Waals surface area contributed by atoms with Gasteiger partial charge in [0, 0.05) is 23.6 Å². The van der Waals surface area contributed by atoms with Crippen LogP contribution in [0.2, 0.25) is 10.0 Å². The van der Waals surface area contributed by atoms with E-state index in [1.165, 1.54) is 6.07 Å². The number of aryl methyl sites for hydroxylation is 2. The summed E-state index contributed by atoms with van der Waals surface area (Å²) < 4.78 is 52.8. The largest absolute Gasteiger partial charge is 0.493 e. The van der Waals surface area contributed by atoms with Gasteiger partial charge in [0.25, 0.3) is 5.91 Å². The highest BCUT2D eigenvalue weighted by atomic mass is 35.5. The molecule has 1 aliphatic heterocycles. The molecule has 1 aromatic heterocycles. The highest BCUT2D eigenvalue weighted by Gasteiger charge is 2.48. The summed E-state index contributed by atoms with van der Waals surface area (Å²) in [6, 6.07) is 6.09. The van der Waals surface area contributed by atoms with Crippen LogP contribution in [-0.4, -0.2) is 30.0 Å². The third-order valence-electron chi connectivity index (χ3n) is 7.28. The van der Waals surface area contributed by atoms with E-state index in [-0.39, 0.29) is 29.1 Å². The summed E-state index contributed by atoms with van der Waals surface area (Å²) in [6.07, 6.45) is -1.79. The number of imide groups is 1. The number of rotatable bonds is 11. The summed E-state index contributed by atoms with van der Waals surface area (Å²) >= 11 is 12.1. The van der Waals surface area contributed by atoms with Crippen LogP contribution in [0.5, 0.6) is 5.75 Å². The Kier molecular flexibility index (Phi) is 9.47. The van der Waals surface area contributed by atoms with E-state index in [2.05, 4.69) is 5.32 Å². The van der Waals surface area contributed by atoms with Crippen molar-refractivity contribution in [2.45, 2.75) is 71.0 Å². The molecular formula is C30H31Cl2F3N2O5. The van der Waals surface area contributed by atoms with E-state index < -0.39 is 34.8 Å². The van der Waals surface area contributed by atoms with Gasteiger partial charge in [-0.2, -0.15) is 13.2 Å². The first-order valence-corrected chi connectivity index (χ1v) is 14.5. The van der Waals surface area contributed by atoms with Gasteiger partial charge < -0.3 is 14.5 Å². The molecule has 1 unspecified atom stereocenters. The maximum atomic E-state index is 13.8. The monoisotopic (exact) mass is 626 g/mol. The Hall–Kier alpha value is -3.24. The fourth-order valence-electron chi connectivity index (χ4n) is 5.20. The first-order valence-electron chi connectivity index (χ1n) is 13.7. The zero-order valence-electron chi connectivity index (χ0n) is 23.4. The molecule has 7 nitrogen and oxygen atoms in total. The maximum Gasteiger partial charge on any atom is 0.417 e. The number of hydrogen-bond acceptors (Lipinski definition) is 5. The van der Waals surface area contributed by atoms with E-state index in [9.17, 15) is 27.6 Å². The van der Waals surface area contributed by atoms with Gasteiger partial charge in [0.1, 0.15) is 16.9 Å². The van der Waals surface area contributed by atoms with Gasteiger partial charge >= 0.3 is 17.8 Å². The number of ether oxygens (including phenoxy) is 1. The van der Waals surface area contributed by atoms with Gasteiger partial charge in [-0.15, -0.1) is 0 Å². The molecule has 42 heavy (non-hydrogen) atoms. The molecule has 3 aromatic rings. The van der Waals surface area contributed by atoms with Crippen LogP contribution in [0, 0.1) is 0 Å². The molecule has 0 bridgehead atoms. The van der Waals surface area contributed by atoms with Gasteiger partial charge in [-0.3, -0.25) is 9.69 Å². The predicted octanol–water partition coefficient (Wildman–Crippen LogP) is 7.65. The van der Waals surface area contributed by atoms with Crippen LogP contribution in [0.15, 0.2) is 39.5 Å². The van der Waals surface area contributed by atoms with Crippen molar-refractivity contribution in [2.24, 2.45) is 0 Å². The average Bonchev–Trinajstić information content (AvgIpc) is 3.14. The number of nitrogens with one attached hydrogen (secondary N) is 1. The van der Waals surface area contributed by atoms with Crippen LogP contribution in [0.3, 0.4) is 0 Å². The molecule has 1 atom stereocenters. The summed E-state index contributed by atoms with van der Waals surface area (Å²) in [7, 11) is 0. The minimum absolute atomic E-state index is 0.118. The number of fused-ring (bicyclic) bond motifs is 1. The van der Waals surface area contributed by atoms with Gasteiger partial charge in [-0.25, -0.2) is 9.59 Å². The summed E-state index contributed by atoms with van der Waals surface area (Å²) in [5.41, 5.74) is -2.00. The Morgan fingerprint density at radius 2 is 1.71 bits per heavy atom. The Balaban J connectivity index is 1.51. The zero-order chi connectivity index (χ0) is 30.8. The number of halogens is 5. The van der Waals surface area contributed by atoms with Gasteiger partial charge in [-0.1, -0.05) is 56.0 Å². The van der Waals surface area contributed by atoms with E-state index in [4.69, 9.17) is 32.4 Å². The van der Waals surface area contributed by atoms with Gasteiger partial charge in [0.2, 0.25) is 0 Å². The fourth-order valence-corrected chi connectivity index (χ4v) is 5.50. The SMILES string of the molecule is CCCc1cc2c(C(F)(F)F)cc(=O)oc2c(CCC)c1OCCCCN1C(=O)NC(C)(c2ccc(Cl)c(Cl)c2)C1=O. The number of nitrogens with zero attached hydrogens (tertiary/aromatic N) is 1. The highest BCUT2D eigenvalue weighted by Crippen LogP contribution is 2.40. The first-order chi connectivity index (χ1) is 19.8. The molecule has 2 heterocycles. The van der Waals surface area contributed by atoms with Crippen molar-refractivity contribution >= 4 is 46.1 Å². The van der Waals surface area contributed by atoms with Crippen LogP contribution in [0.25, 0.3) is 11.0 Å². The number of unbranched alkanes of at least 4 members (excludes halogenated alkanes) is 1. The quantitative estimate of drug-likeness (QED) is 0.134. The number of amides is 3. The van der Waals surface area contributed by atoms with Gasteiger partial charge in [-0.05, 0) is 61.9 Å². The van der Waals surface area contributed by atoms with E-state index in [1.807, 2.05) is 13.8 Å². The standard InChI is InChI=1S/C30H31Cl2F3N2O5/c1-4-8-17-14-20-21(30(33,34)35)16-24(38)42-26(20)19(9-5-2)25(17)41-13-7-6-12-37-27(39)29(3,36-28(37)40)18-10-11-22(31)23(32)15-18/h10-11,14-16H,4-9,12-13H2,1-3H3,(H,36,40).